The Bertz CT molecular complexity index is 522. The minimum Gasteiger partial charge on any atom is -0.326 e. The summed E-state index contributed by atoms with van der Waals surface area (Å²) in [5.41, 5.74) is 0.815. The number of carbonyl (C=O) groups is 1. The lowest BCUT2D eigenvalue weighted by Gasteiger charge is -2.06. The van der Waals surface area contributed by atoms with Crippen LogP contribution in [0.15, 0.2) is 18.2 Å². The second kappa shape index (κ2) is 4.38. The molecule has 1 fully saturated rings. The maximum Gasteiger partial charge on any atom is 0.230 e. The molecule has 1 aliphatic rings. The van der Waals surface area contributed by atoms with Crippen LogP contribution in [0.25, 0.3) is 0 Å². The number of nitrogens with one attached hydrogen (secondary N) is 1. The molecular formula is C11H7Cl3N2O. The van der Waals surface area contributed by atoms with Crippen LogP contribution in [-0.2, 0) is 4.79 Å². The summed E-state index contributed by atoms with van der Waals surface area (Å²) in [4.78, 5) is 11.7. The molecule has 1 aromatic carbocycles. The van der Waals surface area contributed by atoms with E-state index in [1.165, 1.54) is 6.07 Å². The Balaban J connectivity index is 2.10. The van der Waals surface area contributed by atoms with Crippen LogP contribution >= 0.6 is 34.8 Å². The number of benzene rings is 1. The van der Waals surface area contributed by atoms with Crippen molar-refractivity contribution in [3.05, 3.63) is 28.8 Å². The monoisotopic (exact) mass is 288 g/mol. The number of hydrogen-bond acceptors (Lipinski definition) is 2. The first kappa shape index (κ1) is 12.5. The topological polar surface area (TPSA) is 52.9 Å². The summed E-state index contributed by atoms with van der Waals surface area (Å²) in [6.07, 6.45) is 0.445. The lowest BCUT2D eigenvalue weighted by atomic mass is 10.2. The quantitative estimate of drug-likeness (QED) is 0.849. The van der Waals surface area contributed by atoms with E-state index in [0.717, 1.165) is 0 Å². The number of carbonyl (C=O) groups excluding carboxylic acids is 1. The standard InChI is InChI=1S/C11H7Cl3N2O/c12-9-2-1-7(3-6(9)5-15)16-10(17)8-4-11(8,13)14/h1-3,8H,4H2,(H,16,17). The number of alkyl halides is 2. The highest BCUT2D eigenvalue weighted by Gasteiger charge is 2.56. The van der Waals surface area contributed by atoms with Gasteiger partial charge in [-0.2, -0.15) is 5.26 Å². The van der Waals surface area contributed by atoms with Crippen LogP contribution in [0, 0.1) is 17.2 Å². The summed E-state index contributed by atoms with van der Waals surface area (Å²) in [6, 6.07) is 6.61. The minimum absolute atomic E-state index is 0.249. The van der Waals surface area contributed by atoms with Gasteiger partial charge in [0.2, 0.25) is 5.91 Å². The van der Waals surface area contributed by atoms with Crippen LogP contribution < -0.4 is 5.32 Å². The normalized spacial score (nSPS) is 20.5. The molecule has 88 valence electrons. The molecule has 0 spiro atoms. The molecule has 6 heteroatoms. The molecule has 0 heterocycles. The highest BCUT2D eigenvalue weighted by Crippen LogP contribution is 2.53. The summed E-state index contributed by atoms with van der Waals surface area (Å²) in [7, 11) is 0. The second-order valence-electron chi connectivity index (χ2n) is 3.81. The van der Waals surface area contributed by atoms with Gasteiger partial charge in [-0.15, -0.1) is 23.2 Å². The fourth-order valence-electron chi connectivity index (χ4n) is 1.42. The van der Waals surface area contributed by atoms with Gasteiger partial charge in [-0.1, -0.05) is 11.6 Å². The number of hydrogen-bond donors (Lipinski definition) is 1. The summed E-state index contributed by atoms with van der Waals surface area (Å²) in [5, 5.41) is 11.8. The third-order valence-corrected chi connectivity index (χ3v) is 3.66. The van der Waals surface area contributed by atoms with E-state index in [1.807, 2.05) is 6.07 Å². The molecule has 1 aromatic rings. The van der Waals surface area contributed by atoms with Crippen molar-refractivity contribution in [1.29, 1.82) is 5.26 Å². The van der Waals surface area contributed by atoms with E-state index in [9.17, 15) is 4.79 Å². The van der Waals surface area contributed by atoms with Crippen LogP contribution in [0.3, 0.4) is 0 Å². The van der Waals surface area contributed by atoms with Crippen molar-refractivity contribution in [3.8, 4) is 6.07 Å². The summed E-state index contributed by atoms with van der Waals surface area (Å²) in [5.74, 6) is -0.645. The predicted octanol–water partition coefficient (Wildman–Crippen LogP) is 3.34. The number of nitriles is 1. The molecule has 1 amide bonds. The van der Waals surface area contributed by atoms with E-state index in [-0.39, 0.29) is 5.91 Å². The van der Waals surface area contributed by atoms with Gasteiger partial charge in [0.1, 0.15) is 10.4 Å². The van der Waals surface area contributed by atoms with Gasteiger partial charge in [-0.25, -0.2) is 0 Å². The third-order valence-electron chi connectivity index (χ3n) is 2.50. The Morgan fingerprint density at radius 2 is 2.18 bits per heavy atom. The van der Waals surface area contributed by atoms with Crippen LogP contribution in [0.2, 0.25) is 5.02 Å². The average Bonchev–Trinajstić information content (AvgIpc) is 2.91. The van der Waals surface area contributed by atoms with Gasteiger partial charge in [-0.05, 0) is 24.6 Å². The fourth-order valence-corrected chi connectivity index (χ4v) is 2.08. The first-order valence-electron chi connectivity index (χ1n) is 4.82. The van der Waals surface area contributed by atoms with Crippen LogP contribution in [0.1, 0.15) is 12.0 Å². The van der Waals surface area contributed by atoms with Gasteiger partial charge in [0.05, 0.1) is 16.5 Å². The third kappa shape index (κ3) is 2.66. The predicted molar refractivity (Wildman–Crippen MR) is 67.3 cm³/mol. The minimum atomic E-state index is -0.950. The summed E-state index contributed by atoms with van der Waals surface area (Å²) < 4.78 is -0.950. The molecule has 0 radical (unpaired) electrons. The first-order valence-corrected chi connectivity index (χ1v) is 5.96. The Morgan fingerprint density at radius 3 is 2.71 bits per heavy atom. The van der Waals surface area contributed by atoms with Crippen molar-refractivity contribution in [2.24, 2.45) is 5.92 Å². The van der Waals surface area contributed by atoms with Crippen LogP contribution in [0.4, 0.5) is 5.69 Å². The molecule has 1 N–H and O–H groups in total. The van der Waals surface area contributed by atoms with E-state index in [2.05, 4.69) is 5.32 Å². The molecule has 17 heavy (non-hydrogen) atoms. The van der Waals surface area contributed by atoms with Gasteiger partial charge < -0.3 is 5.32 Å². The zero-order valence-electron chi connectivity index (χ0n) is 8.51. The molecule has 1 unspecified atom stereocenters. The highest BCUT2D eigenvalue weighted by atomic mass is 35.5. The van der Waals surface area contributed by atoms with Crippen molar-refractivity contribution < 1.29 is 4.79 Å². The maximum atomic E-state index is 11.7. The van der Waals surface area contributed by atoms with Crippen LogP contribution in [-0.4, -0.2) is 10.2 Å². The molecule has 1 atom stereocenters. The van der Waals surface area contributed by atoms with Gasteiger partial charge >= 0.3 is 0 Å². The van der Waals surface area contributed by atoms with E-state index < -0.39 is 10.3 Å². The van der Waals surface area contributed by atoms with Gasteiger partial charge in [0.25, 0.3) is 0 Å². The first-order chi connectivity index (χ1) is 7.94. The van der Waals surface area contributed by atoms with Gasteiger partial charge in [0, 0.05) is 5.69 Å². The molecule has 2 rings (SSSR count). The second-order valence-corrected chi connectivity index (χ2v) is 5.76. The Morgan fingerprint density at radius 1 is 1.53 bits per heavy atom. The fraction of sp³-hybridized carbons (Fsp3) is 0.273. The average molecular weight is 290 g/mol. The zero-order valence-corrected chi connectivity index (χ0v) is 10.8. The van der Waals surface area contributed by atoms with E-state index in [0.29, 0.717) is 22.7 Å². The molecule has 1 aliphatic carbocycles. The molecule has 1 saturated carbocycles. The largest absolute Gasteiger partial charge is 0.326 e. The van der Waals surface area contributed by atoms with E-state index in [1.54, 1.807) is 12.1 Å². The molecule has 0 aromatic heterocycles. The molecule has 0 bridgehead atoms. The number of rotatable bonds is 2. The lowest BCUT2D eigenvalue weighted by molar-refractivity contribution is -0.117. The zero-order chi connectivity index (χ0) is 12.6. The summed E-state index contributed by atoms with van der Waals surface area (Å²) >= 11 is 17.3. The smallest absolute Gasteiger partial charge is 0.230 e. The summed E-state index contributed by atoms with van der Waals surface area (Å²) in [6.45, 7) is 0. The maximum absolute atomic E-state index is 11.7. The number of anilines is 1. The van der Waals surface area contributed by atoms with Gasteiger partial charge in [0.15, 0.2) is 0 Å². The molecule has 0 saturated heterocycles. The van der Waals surface area contributed by atoms with E-state index >= 15 is 0 Å². The van der Waals surface area contributed by atoms with Crippen molar-refractivity contribution >= 4 is 46.4 Å². The highest BCUT2D eigenvalue weighted by molar-refractivity contribution is 6.52. The Kier molecular flexibility index (Phi) is 3.22. The molecule has 0 aliphatic heterocycles. The van der Waals surface area contributed by atoms with E-state index in [4.69, 9.17) is 40.1 Å². The molecule has 3 nitrogen and oxygen atoms in total. The lowest BCUT2D eigenvalue weighted by Crippen LogP contribution is -2.16. The number of halogens is 3. The van der Waals surface area contributed by atoms with Crippen molar-refractivity contribution in [2.45, 2.75) is 10.8 Å². The van der Waals surface area contributed by atoms with Crippen LogP contribution in [0.5, 0.6) is 0 Å². The van der Waals surface area contributed by atoms with Crippen molar-refractivity contribution in [1.82, 2.24) is 0 Å². The Hall–Kier alpha value is -0.950. The Labute approximate surface area is 113 Å². The SMILES string of the molecule is N#Cc1cc(NC(=O)C2CC2(Cl)Cl)ccc1Cl. The number of nitrogens with zero attached hydrogens (tertiary/aromatic N) is 1. The van der Waals surface area contributed by atoms with Crippen molar-refractivity contribution in [3.63, 3.8) is 0 Å². The number of amides is 1. The van der Waals surface area contributed by atoms with Crippen molar-refractivity contribution in [2.75, 3.05) is 5.32 Å². The molecular weight excluding hydrogens is 282 g/mol. The van der Waals surface area contributed by atoms with Gasteiger partial charge in [-0.3, -0.25) is 4.79 Å².